The summed E-state index contributed by atoms with van der Waals surface area (Å²) in [6, 6.07) is 0. The van der Waals surface area contributed by atoms with Crippen LogP contribution in [0.2, 0.25) is 0 Å². The van der Waals surface area contributed by atoms with Crippen molar-refractivity contribution in [1.29, 1.82) is 0 Å². The third kappa shape index (κ3) is 3.06. The van der Waals surface area contributed by atoms with Crippen LogP contribution in [-0.4, -0.2) is 41.4 Å². The molecule has 0 radical (unpaired) electrons. The van der Waals surface area contributed by atoms with Crippen LogP contribution in [0, 0.1) is 6.92 Å². The average Bonchev–Trinajstić information content (AvgIpc) is 2.27. The smallest absolute Gasteiger partial charge is 0.241 e. The number of anilines is 2. The summed E-state index contributed by atoms with van der Waals surface area (Å²) in [7, 11) is 3.40. The van der Waals surface area contributed by atoms with Crippen LogP contribution in [-0.2, 0) is 4.79 Å². The van der Waals surface area contributed by atoms with Gasteiger partial charge >= 0.3 is 0 Å². The number of hydrazine groups is 1. The third-order valence-electron chi connectivity index (χ3n) is 2.01. The zero-order valence-electron chi connectivity index (χ0n) is 9.61. The lowest BCUT2D eigenvalue weighted by molar-refractivity contribution is -0.126. The SMILES string of the molecule is Cc1cnc(NN)nc1NCC(=O)N(C)C. The summed E-state index contributed by atoms with van der Waals surface area (Å²) in [4.78, 5) is 20.9. The largest absolute Gasteiger partial charge is 0.361 e. The van der Waals surface area contributed by atoms with Crippen molar-refractivity contribution in [1.82, 2.24) is 14.9 Å². The van der Waals surface area contributed by atoms with Crippen molar-refractivity contribution in [2.75, 3.05) is 31.4 Å². The maximum absolute atomic E-state index is 11.4. The Balaban J connectivity index is 2.69. The monoisotopic (exact) mass is 224 g/mol. The van der Waals surface area contributed by atoms with E-state index in [4.69, 9.17) is 5.84 Å². The number of hydrogen-bond acceptors (Lipinski definition) is 6. The van der Waals surface area contributed by atoms with Crippen molar-refractivity contribution < 1.29 is 4.79 Å². The van der Waals surface area contributed by atoms with Gasteiger partial charge in [-0.1, -0.05) is 0 Å². The molecule has 0 unspecified atom stereocenters. The number of nitrogens with one attached hydrogen (secondary N) is 2. The molecule has 1 aromatic rings. The molecule has 1 aromatic heterocycles. The molecule has 1 rings (SSSR count). The molecule has 4 N–H and O–H groups in total. The van der Waals surface area contributed by atoms with E-state index in [1.807, 2.05) is 6.92 Å². The Morgan fingerprint density at radius 1 is 1.56 bits per heavy atom. The molecule has 0 aliphatic carbocycles. The van der Waals surface area contributed by atoms with Gasteiger partial charge in [0.2, 0.25) is 11.9 Å². The van der Waals surface area contributed by atoms with E-state index in [-0.39, 0.29) is 12.5 Å². The number of aryl methyl sites for hydroxylation is 1. The number of nitrogen functional groups attached to an aromatic ring is 1. The number of carbonyl (C=O) groups excluding carboxylic acids is 1. The molecule has 0 saturated carbocycles. The first-order chi connectivity index (χ1) is 7.54. The number of aromatic nitrogens is 2. The number of nitrogens with two attached hydrogens (primary N) is 1. The van der Waals surface area contributed by atoms with E-state index in [1.165, 1.54) is 4.90 Å². The van der Waals surface area contributed by atoms with Crippen LogP contribution in [0.5, 0.6) is 0 Å². The molecule has 7 nitrogen and oxygen atoms in total. The van der Waals surface area contributed by atoms with Gasteiger partial charge in [-0.15, -0.1) is 0 Å². The molecule has 1 amide bonds. The predicted molar refractivity (Wildman–Crippen MR) is 61.8 cm³/mol. The quantitative estimate of drug-likeness (QED) is 0.474. The Labute approximate surface area is 94.0 Å². The second-order valence-electron chi connectivity index (χ2n) is 3.51. The predicted octanol–water partition coefficient (Wildman–Crippen LogP) is -0.429. The van der Waals surface area contributed by atoms with E-state index < -0.39 is 0 Å². The van der Waals surface area contributed by atoms with E-state index in [1.54, 1.807) is 20.3 Å². The zero-order valence-corrected chi connectivity index (χ0v) is 9.61. The van der Waals surface area contributed by atoms with Crippen LogP contribution in [0.3, 0.4) is 0 Å². The molecule has 0 aliphatic rings. The molecular formula is C9H16N6O. The summed E-state index contributed by atoms with van der Waals surface area (Å²) >= 11 is 0. The van der Waals surface area contributed by atoms with Gasteiger partial charge in [0.15, 0.2) is 0 Å². The molecule has 88 valence electrons. The van der Waals surface area contributed by atoms with E-state index in [2.05, 4.69) is 20.7 Å². The maximum atomic E-state index is 11.4. The average molecular weight is 224 g/mol. The van der Waals surface area contributed by atoms with Crippen LogP contribution in [0.15, 0.2) is 6.20 Å². The first-order valence-electron chi connectivity index (χ1n) is 4.79. The van der Waals surface area contributed by atoms with Crippen molar-refractivity contribution in [3.05, 3.63) is 11.8 Å². The van der Waals surface area contributed by atoms with Gasteiger partial charge in [0.05, 0.1) is 6.54 Å². The zero-order chi connectivity index (χ0) is 12.1. The van der Waals surface area contributed by atoms with Gasteiger partial charge in [-0.3, -0.25) is 10.2 Å². The van der Waals surface area contributed by atoms with E-state index in [9.17, 15) is 4.79 Å². The topological polar surface area (TPSA) is 96.2 Å². The molecule has 0 fully saturated rings. The summed E-state index contributed by atoms with van der Waals surface area (Å²) in [5.74, 6) is 6.07. The van der Waals surface area contributed by atoms with Crippen molar-refractivity contribution in [2.24, 2.45) is 5.84 Å². The lowest BCUT2D eigenvalue weighted by Gasteiger charge is -2.12. The highest BCUT2D eigenvalue weighted by atomic mass is 16.2. The van der Waals surface area contributed by atoms with Crippen molar-refractivity contribution in [2.45, 2.75) is 6.92 Å². The summed E-state index contributed by atoms with van der Waals surface area (Å²) in [6.45, 7) is 2.04. The number of rotatable bonds is 4. The molecule has 0 aliphatic heterocycles. The van der Waals surface area contributed by atoms with Gasteiger partial charge in [0, 0.05) is 25.9 Å². The van der Waals surface area contributed by atoms with Crippen LogP contribution < -0.4 is 16.6 Å². The van der Waals surface area contributed by atoms with Crippen molar-refractivity contribution in [3.63, 3.8) is 0 Å². The van der Waals surface area contributed by atoms with E-state index in [0.29, 0.717) is 11.8 Å². The molecule has 7 heteroatoms. The van der Waals surface area contributed by atoms with Crippen molar-refractivity contribution >= 4 is 17.7 Å². The second-order valence-corrected chi connectivity index (χ2v) is 3.51. The molecule has 16 heavy (non-hydrogen) atoms. The lowest BCUT2D eigenvalue weighted by atomic mass is 10.3. The van der Waals surface area contributed by atoms with Gasteiger partial charge < -0.3 is 10.2 Å². The van der Waals surface area contributed by atoms with Crippen molar-refractivity contribution in [3.8, 4) is 0 Å². The van der Waals surface area contributed by atoms with Gasteiger partial charge in [-0.25, -0.2) is 10.8 Å². The van der Waals surface area contributed by atoms with Gasteiger partial charge in [-0.2, -0.15) is 4.98 Å². The van der Waals surface area contributed by atoms with Gasteiger partial charge in [0.1, 0.15) is 5.82 Å². The van der Waals surface area contributed by atoms with E-state index in [0.717, 1.165) is 5.56 Å². The number of nitrogens with zero attached hydrogens (tertiary/aromatic N) is 3. The molecular weight excluding hydrogens is 208 g/mol. The number of hydrogen-bond donors (Lipinski definition) is 3. The molecule has 0 spiro atoms. The number of carbonyl (C=O) groups is 1. The third-order valence-corrected chi connectivity index (χ3v) is 2.01. The molecule has 0 bridgehead atoms. The summed E-state index contributed by atoms with van der Waals surface area (Å²) < 4.78 is 0. The minimum atomic E-state index is -0.0275. The Morgan fingerprint density at radius 3 is 2.81 bits per heavy atom. The highest BCUT2D eigenvalue weighted by molar-refractivity contribution is 5.80. The standard InChI is InChI=1S/C9H16N6O/c1-6-4-12-9(14-10)13-8(6)11-5-7(16)15(2)3/h4H,5,10H2,1-3H3,(H2,11,12,13,14). The molecule has 0 saturated heterocycles. The molecule has 0 atom stereocenters. The first kappa shape index (κ1) is 12.2. The first-order valence-corrected chi connectivity index (χ1v) is 4.79. The molecule has 1 heterocycles. The van der Waals surface area contributed by atoms with Crippen LogP contribution >= 0.6 is 0 Å². The summed E-state index contributed by atoms with van der Waals surface area (Å²) in [5, 5.41) is 2.93. The Kier molecular flexibility index (Phi) is 4.01. The van der Waals surface area contributed by atoms with E-state index >= 15 is 0 Å². The van der Waals surface area contributed by atoms with Gasteiger partial charge in [-0.05, 0) is 6.92 Å². The molecule has 0 aromatic carbocycles. The van der Waals surface area contributed by atoms with Crippen LogP contribution in [0.1, 0.15) is 5.56 Å². The summed E-state index contributed by atoms with van der Waals surface area (Å²) in [6.07, 6.45) is 1.63. The van der Waals surface area contributed by atoms with Crippen LogP contribution in [0.4, 0.5) is 11.8 Å². The number of likely N-dealkylation sites (N-methyl/N-ethyl adjacent to an activating group) is 1. The Morgan fingerprint density at radius 2 is 2.25 bits per heavy atom. The fraction of sp³-hybridized carbons (Fsp3) is 0.444. The normalized spacial score (nSPS) is 9.75. The minimum Gasteiger partial charge on any atom is -0.361 e. The highest BCUT2D eigenvalue weighted by Crippen LogP contribution is 2.11. The second kappa shape index (κ2) is 5.26. The van der Waals surface area contributed by atoms with Gasteiger partial charge in [0.25, 0.3) is 0 Å². The Bertz CT molecular complexity index is 378. The summed E-state index contributed by atoms with van der Waals surface area (Å²) in [5.41, 5.74) is 3.20. The minimum absolute atomic E-state index is 0.0275. The fourth-order valence-electron chi connectivity index (χ4n) is 1.01. The lowest BCUT2D eigenvalue weighted by Crippen LogP contribution is -2.29. The maximum Gasteiger partial charge on any atom is 0.241 e. The fourth-order valence-corrected chi connectivity index (χ4v) is 1.01. The number of amides is 1. The highest BCUT2D eigenvalue weighted by Gasteiger charge is 2.06. The Hall–Kier alpha value is -1.89. The van der Waals surface area contributed by atoms with Crippen LogP contribution in [0.25, 0.3) is 0 Å².